The van der Waals surface area contributed by atoms with Crippen LogP contribution in [0.2, 0.25) is 0 Å². The molecule has 0 atom stereocenters. The van der Waals surface area contributed by atoms with Gasteiger partial charge in [0.15, 0.2) is 0 Å². The summed E-state index contributed by atoms with van der Waals surface area (Å²) >= 11 is 0. The van der Waals surface area contributed by atoms with Gasteiger partial charge < -0.3 is 0 Å². The topological polar surface area (TPSA) is 18.5 Å². The van der Waals surface area contributed by atoms with Gasteiger partial charge in [0.05, 0.1) is 16.8 Å². The highest BCUT2D eigenvalue weighted by Gasteiger charge is 2.35. The summed E-state index contributed by atoms with van der Waals surface area (Å²) < 4.78 is 0. The molecular weight excluding hydrogens is 529 g/mol. The van der Waals surface area contributed by atoms with Crippen molar-refractivity contribution in [1.29, 1.82) is 0 Å². The molecule has 0 spiro atoms. The molecular formula is C38H46N3P. The predicted octanol–water partition coefficient (Wildman–Crippen LogP) is 9.86. The fraction of sp³-hybridized carbons (Fsp3) is 0.316. The molecule has 1 aliphatic rings. The van der Waals surface area contributed by atoms with Crippen LogP contribution in [0.5, 0.6) is 0 Å². The fourth-order valence-electron chi connectivity index (χ4n) is 5.93. The summed E-state index contributed by atoms with van der Waals surface area (Å²) in [6, 6.07) is 35.7. The summed E-state index contributed by atoms with van der Waals surface area (Å²) in [6.45, 7) is 18.4. The van der Waals surface area contributed by atoms with E-state index in [1.54, 1.807) is 0 Å². The van der Waals surface area contributed by atoms with Crippen molar-refractivity contribution in [2.75, 3.05) is 10.0 Å². The van der Waals surface area contributed by atoms with E-state index >= 15 is 0 Å². The van der Waals surface area contributed by atoms with Gasteiger partial charge in [-0.15, -0.1) is 5.53 Å². The minimum atomic E-state index is -0.862. The zero-order valence-electron chi connectivity index (χ0n) is 26.5. The largest absolute Gasteiger partial charge is 0.263 e. The molecule has 1 N–H and O–H groups in total. The predicted molar refractivity (Wildman–Crippen MR) is 184 cm³/mol. The van der Waals surface area contributed by atoms with Crippen molar-refractivity contribution in [2.24, 2.45) is 0 Å². The Labute approximate surface area is 255 Å². The van der Waals surface area contributed by atoms with Gasteiger partial charge in [-0.1, -0.05) is 152 Å². The van der Waals surface area contributed by atoms with E-state index in [-0.39, 0.29) is 0 Å². The molecule has 4 heteroatoms. The smallest absolute Gasteiger partial charge is 0.0865 e. The summed E-state index contributed by atoms with van der Waals surface area (Å²) in [5.41, 5.74) is 13.2. The lowest BCUT2D eigenvalue weighted by atomic mass is 9.92. The van der Waals surface area contributed by atoms with Crippen LogP contribution in [0, 0.1) is 0 Å². The molecule has 218 valence electrons. The maximum Gasteiger partial charge on any atom is 0.0865 e. The molecule has 3 nitrogen and oxygen atoms in total. The van der Waals surface area contributed by atoms with Crippen molar-refractivity contribution in [2.45, 2.75) is 79.1 Å². The van der Waals surface area contributed by atoms with Crippen LogP contribution >= 0.6 is 7.92 Å². The van der Waals surface area contributed by atoms with Crippen molar-refractivity contribution in [3.05, 3.63) is 131 Å². The van der Waals surface area contributed by atoms with Crippen molar-refractivity contribution < 1.29 is 0 Å². The van der Waals surface area contributed by atoms with Crippen LogP contribution < -0.4 is 26.2 Å². The minimum Gasteiger partial charge on any atom is -0.263 e. The van der Waals surface area contributed by atoms with Gasteiger partial charge in [-0.05, 0) is 56.5 Å². The fourth-order valence-corrected chi connectivity index (χ4v) is 8.27. The van der Waals surface area contributed by atoms with Gasteiger partial charge in [0, 0.05) is 14.1 Å². The maximum absolute atomic E-state index is 3.97. The van der Waals surface area contributed by atoms with Crippen molar-refractivity contribution >= 4 is 29.9 Å². The number of hydrazine groups is 2. The zero-order valence-corrected chi connectivity index (χ0v) is 27.4. The van der Waals surface area contributed by atoms with E-state index in [0.717, 1.165) is 0 Å². The van der Waals surface area contributed by atoms with Gasteiger partial charge in [0.25, 0.3) is 0 Å². The second-order valence-electron chi connectivity index (χ2n) is 12.5. The highest BCUT2D eigenvalue weighted by molar-refractivity contribution is 7.76. The van der Waals surface area contributed by atoms with Gasteiger partial charge in [-0.25, -0.2) is 0 Å². The first kappa shape index (κ1) is 30.1. The summed E-state index contributed by atoms with van der Waals surface area (Å²) in [5, 5.41) is 7.43. The van der Waals surface area contributed by atoms with E-state index in [2.05, 4.69) is 174 Å². The number of hydrogen-bond acceptors (Lipinski definition) is 3. The Morgan fingerprint density at radius 3 is 1.24 bits per heavy atom. The SMILES string of the molecule is CC(C)c1cccc(C(C)C)c1N1C=C(P(c2ccccc2)c2ccccc2)N(c2c(C(C)C)cccc2C(C)C)N1. The first-order valence-corrected chi connectivity index (χ1v) is 16.8. The first-order chi connectivity index (χ1) is 20.2. The Morgan fingerprint density at radius 2 is 0.857 bits per heavy atom. The maximum atomic E-state index is 3.97. The highest BCUT2D eigenvalue weighted by Crippen LogP contribution is 2.51. The number of anilines is 2. The quantitative estimate of drug-likeness (QED) is 0.200. The number of nitrogens with one attached hydrogen (secondary N) is 1. The average molecular weight is 576 g/mol. The van der Waals surface area contributed by atoms with Crippen molar-refractivity contribution in [3.63, 3.8) is 0 Å². The third kappa shape index (κ3) is 5.91. The molecule has 0 bridgehead atoms. The van der Waals surface area contributed by atoms with E-state index in [4.69, 9.17) is 0 Å². The van der Waals surface area contributed by atoms with Crippen LogP contribution in [0.3, 0.4) is 0 Å². The molecule has 0 saturated carbocycles. The Bertz CT molecular complexity index is 1430. The Kier molecular flexibility index (Phi) is 9.21. The Morgan fingerprint density at radius 1 is 0.476 bits per heavy atom. The molecule has 42 heavy (non-hydrogen) atoms. The number of para-hydroxylation sites is 2. The van der Waals surface area contributed by atoms with Gasteiger partial charge in [-0.3, -0.25) is 10.0 Å². The number of rotatable bonds is 9. The summed E-state index contributed by atoms with van der Waals surface area (Å²) in [7, 11) is -0.862. The zero-order chi connectivity index (χ0) is 30.0. The molecule has 0 amide bonds. The molecule has 0 saturated heterocycles. The van der Waals surface area contributed by atoms with Crippen LogP contribution in [0.25, 0.3) is 0 Å². The van der Waals surface area contributed by atoms with Gasteiger partial charge >= 0.3 is 0 Å². The van der Waals surface area contributed by atoms with Gasteiger partial charge in [0.2, 0.25) is 0 Å². The highest BCUT2D eigenvalue weighted by atomic mass is 31.1. The molecule has 0 radical (unpaired) electrons. The third-order valence-electron chi connectivity index (χ3n) is 8.09. The molecule has 4 aromatic rings. The molecule has 5 rings (SSSR count). The van der Waals surface area contributed by atoms with E-state index in [1.807, 2.05) is 0 Å². The van der Waals surface area contributed by atoms with Gasteiger partial charge in [-0.2, -0.15) is 0 Å². The van der Waals surface area contributed by atoms with Crippen molar-refractivity contribution in [1.82, 2.24) is 5.53 Å². The minimum absolute atomic E-state index is 0.379. The van der Waals surface area contributed by atoms with Crippen LogP contribution in [-0.2, 0) is 0 Å². The third-order valence-corrected chi connectivity index (χ3v) is 10.5. The molecule has 0 aliphatic carbocycles. The summed E-state index contributed by atoms with van der Waals surface area (Å²) in [6.07, 6.45) is 2.39. The van der Waals surface area contributed by atoms with Crippen LogP contribution in [-0.4, -0.2) is 0 Å². The molecule has 0 aromatic heterocycles. The van der Waals surface area contributed by atoms with Crippen LogP contribution in [0.4, 0.5) is 11.4 Å². The van der Waals surface area contributed by atoms with E-state index < -0.39 is 7.92 Å². The number of nitrogens with zero attached hydrogens (tertiary/aromatic N) is 2. The lowest BCUT2D eigenvalue weighted by Gasteiger charge is -2.34. The van der Waals surface area contributed by atoms with Gasteiger partial charge in [0.1, 0.15) is 0 Å². The van der Waals surface area contributed by atoms with Crippen LogP contribution in [0.15, 0.2) is 109 Å². The second kappa shape index (κ2) is 12.9. The van der Waals surface area contributed by atoms with Crippen molar-refractivity contribution in [3.8, 4) is 0 Å². The summed E-state index contributed by atoms with van der Waals surface area (Å²) in [4.78, 5) is 0. The molecule has 1 aliphatic heterocycles. The monoisotopic (exact) mass is 575 g/mol. The summed E-state index contributed by atoms with van der Waals surface area (Å²) in [5.74, 6) is 1.55. The Hall–Kier alpha value is -3.39. The molecule has 4 aromatic carbocycles. The lowest BCUT2D eigenvalue weighted by molar-refractivity contribution is 0.710. The first-order valence-electron chi connectivity index (χ1n) is 15.4. The standard InChI is InChI=1S/C38H46N3P/c1-26(2)32-21-15-22-33(27(3)4)37(32)40-25-36(42(30-17-11-9-12-18-30)31-19-13-10-14-20-31)41(39-40)38-34(28(5)6)23-16-24-35(38)29(7)8/h9-29,39H,1-8H3. The van der Waals surface area contributed by atoms with E-state index in [9.17, 15) is 0 Å². The number of hydrogen-bond donors (Lipinski definition) is 1. The second-order valence-corrected chi connectivity index (χ2v) is 14.6. The molecule has 0 fully saturated rings. The normalized spacial score (nSPS) is 13.8. The van der Waals surface area contributed by atoms with E-state index in [0.29, 0.717) is 23.7 Å². The Balaban J connectivity index is 1.81. The number of benzene rings is 4. The molecule has 0 unspecified atom stereocenters. The lowest BCUT2D eigenvalue weighted by Crippen LogP contribution is -2.43. The average Bonchev–Trinajstić information content (AvgIpc) is 3.41. The van der Waals surface area contributed by atoms with Crippen LogP contribution in [0.1, 0.15) is 101 Å². The van der Waals surface area contributed by atoms with E-state index in [1.165, 1.54) is 49.7 Å². The molecule has 1 heterocycles.